The summed E-state index contributed by atoms with van der Waals surface area (Å²) in [6.45, 7) is 2.00. The maximum atomic E-state index is 11.4. The summed E-state index contributed by atoms with van der Waals surface area (Å²) in [5.41, 5.74) is 6.33. The van der Waals surface area contributed by atoms with E-state index in [1.807, 2.05) is 6.92 Å². The molecule has 1 aromatic heterocycles. The molecule has 0 aromatic carbocycles. The second kappa shape index (κ2) is 5.34. The molecule has 0 radical (unpaired) electrons. The van der Waals surface area contributed by atoms with Crippen LogP contribution in [-0.2, 0) is 4.79 Å². The van der Waals surface area contributed by atoms with E-state index in [-0.39, 0.29) is 5.91 Å². The third-order valence-electron chi connectivity index (χ3n) is 1.87. The van der Waals surface area contributed by atoms with Crippen molar-refractivity contribution in [1.29, 1.82) is 0 Å². The molecule has 1 atom stereocenters. The molecule has 0 saturated heterocycles. The van der Waals surface area contributed by atoms with Gasteiger partial charge < -0.3 is 11.1 Å². The van der Waals surface area contributed by atoms with Gasteiger partial charge >= 0.3 is 0 Å². The monoisotopic (exact) mass is 193 g/mol. The molecule has 1 heterocycles. The third kappa shape index (κ3) is 3.14. The highest BCUT2D eigenvalue weighted by atomic mass is 16.2. The Morgan fingerprint density at radius 2 is 2.50 bits per heavy atom. The first-order chi connectivity index (χ1) is 6.74. The minimum absolute atomic E-state index is 0.153. The van der Waals surface area contributed by atoms with Gasteiger partial charge in [-0.3, -0.25) is 9.78 Å². The SMILES string of the molecule is CCCC(N)C(=O)Nc1cccnc1. The van der Waals surface area contributed by atoms with Crippen molar-refractivity contribution in [3.05, 3.63) is 24.5 Å². The summed E-state index contributed by atoms with van der Waals surface area (Å²) in [6.07, 6.45) is 4.85. The van der Waals surface area contributed by atoms with E-state index in [0.29, 0.717) is 12.1 Å². The predicted octanol–water partition coefficient (Wildman–Crippen LogP) is 1.15. The van der Waals surface area contributed by atoms with Crippen molar-refractivity contribution in [3.63, 3.8) is 0 Å². The lowest BCUT2D eigenvalue weighted by molar-refractivity contribution is -0.117. The Bertz CT molecular complexity index is 287. The van der Waals surface area contributed by atoms with Crippen LogP contribution in [0.2, 0.25) is 0 Å². The number of carbonyl (C=O) groups excluding carboxylic acids is 1. The molecule has 0 aliphatic rings. The van der Waals surface area contributed by atoms with E-state index in [9.17, 15) is 4.79 Å². The molecule has 14 heavy (non-hydrogen) atoms. The predicted molar refractivity (Wildman–Crippen MR) is 55.8 cm³/mol. The van der Waals surface area contributed by atoms with Gasteiger partial charge in [0.15, 0.2) is 0 Å². The number of hydrogen-bond donors (Lipinski definition) is 2. The van der Waals surface area contributed by atoms with Crippen molar-refractivity contribution in [2.24, 2.45) is 5.73 Å². The molecular weight excluding hydrogens is 178 g/mol. The fourth-order valence-electron chi connectivity index (χ4n) is 1.11. The van der Waals surface area contributed by atoms with Crippen molar-refractivity contribution < 1.29 is 4.79 Å². The van der Waals surface area contributed by atoms with Crippen LogP contribution in [0, 0.1) is 0 Å². The number of rotatable bonds is 4. The van der Waals surface area contributed by atoms with Gasteiger partial charge in [0.1, 0.15) is 0 Å². The van der Waals surface area contributed by atoms with Gasteiger partial charge in [-0.2, -0.15) is 0 Å². The number of aromatic nitrogens is 1. The molecule has 1 amide bonds. The zero-order valence-corrected chi connectivity index (χ0v) is 8.23. The van der Waals surface area contributed by atoms with Gasteiger partial charge in [-0.15, -0.1) is 0 Å². The highest BCUT2D eigenvalue weighted by Gasteiger charge is 2.11. The Morgan fingerprint density at radius 1 is 1.71 bits per heavy atom. The van der Waals surface area contributed by atoms with Crippen LogP contribution in [0.5, 0.6) is 0 Å². The van der Waals surface area contributed by atoms with Crippen molar-refractivity contribution in [1.82, 2.24) is 4.98 Å². The fraction of sp³-hybridized carbons (Fsp3) is 0.400. The Balaban J connectivity index is 2.49. The molecule has 0 fully saturated rings. The topological polar surface area (TPSA) is 68.0 Å². The Kier molecular flexibility index (Phi) is 4.07. The smallest absolute Gasteiger partial charge is 0.241 e. The van der Waals surface area contributed by atoms with Gasteiger partial charge in [0.25, 0.3) is 0 Å². The van der Waals surface area contributed by atoms with E-state index >= 15 is 0 Å². The summed E-state index contributed by atoms with van der Waals surface area (Å²) in [7, 11) is 0. The number of nitrogens with two attached hydrogens (primary N) is 1. The van der Waals surface area contributed by atoms with Gasteiger partial charge in [-0.05, 0) is 18.6 Å². The average molecular weight is 193 g/mol. The summed E-state index contributed by atoms with van der Waals surface area (Å²) < 4.78 is 0. The van der Waals surface area contributed by atoms with E-state index in [1.165, 1.54) is 0 Å². The van der Waals surface area contributed by atoms with E-state index in [0.717, 1.165) is 6.42 Å². The second-order valence-corrected chi connectivity index (χ2v) is 3.13. The molecule has 4 heteroatoms. The number of hydrogen-bond acceptors (Lipinski definition) is 3. The van der Waals surface area contributed by atoms with Gasteiger partial charge in [0, 0.05) is 6.20 Å². The fourth-order valence-corrected chi connectivity index (χ4v) is 1.11. The molecule has 1 unspecified atom stereocenters. The summed E-state index contributed by atoms with van der Waals surface area (Å²) in [5.74, 6) is -0.153. The Morgan fingerprint density at radius 3 is 3.07 bits per heavy atom. The number of amides is 1. The lowest BCUT2D eigenvalue weighted by Crippen LogP contribution is -2.35. The maximum absolute atomic E-state index is 11.4. The standard InChI is InChI=1S/C10H15N3O/c1-2-4-9(11)10(14)13-8-5-3-6-12-7-8/h3,5-7,9H,2,4,11H2,1H3,(H,13,14). The van der Waals surface area contributed by atoms with Gasteiger partial charge in [-0.25, -0.2) is 0 Å². The first-order valence-electron chi connectivity index (χ1n) is 4.70. The molecule has 0 aliphatic heterocycles. The third-order valence-corrected chi connectivity index (χ3v) is 1.87. The van der Waals surface area contributed by atoms with Gasteiger partial charge in [0.05, 0.1) is 17.9 Å². The zero-order chi connectivity index (χ0) is 10.4. The van der Waals surface area contributed by atoms with Crippen molar-refractivity contribution >= 4 is 11.6 Å². The first kappa shape index (κ1) is 10.7. The number of pyridine rings is 1. The van der Waals surface area contributed by atoms with Gasteiger partial charge in [0.2, 0.25) is 5.91 Å². The lowest BCUT2D eigenvalue weighted by atomic mass is 10.1. The molecular formula is C10H15N3O. The Labute approximate surface area is 83.5 Å². The molecule has 0 spiro atoms. The second-order valence-electron chi connectivity index (χ2n) is 3.13. The zero-order valence-electron chi connectivity index (χ0n) is 8.23. The van der Waals surface area contributed by atoms with E-state index < -0.39 is 6.04 Å². The summed E-state index contributed by atoms with van der Waals surface area (Å²) in [5, 5.41) is 2.70. The van der Waals surface area contributed by atoms with Crippen LogP contribution >= 0.6 is 0 Å². The van der Waals surface area contributed by atoms with Crippen molar-refractivity contribution in [3.8, 4) is 0 Å². The summed E-state index contributed by atoms with van der Waals surface area (Å²) in [6, 6.07) is 3.12. The van der Waals surface area contributed by atoms with Crippen LogP contribution in [0.3, 0.4) is 0 Å². The molecule has 4 nitrogen and oxygen atoms in total. The van der Waals surface area contributed by atoms with Crippen LogP contribution in [0.25, 0.3) is 0 Å². The minimum atomic E-state index is -0.430. The largest absolute Gasteiger partial charge is 0.323 e. The molecule has 1 aromatic rings. The van der Waals surface area contributed by atoms with E-state index in [2.05, 4.69) is 10.3 Å². The summed E-state index contributed by atoms with van der Waals surface area (Å²) >= 11 is 0. The van der Waals surface area contributed by atoms with E-state index in [1.54, 1.807) is 24.5 Å². The van der Waals surface area contributed by atoms with E-state index in [4.69, 9.17) is 5.73 Å². The normalized spacial score (nSPS) is 12.1. The average Bonchev–Trinajstić information content (AvgIpc) is 2.19. The van der Waals surface area contributed by atoms with Crippen molar-refractivity contribution in [2.75, 3.05) is 5.32 Å². The molecule has 76 valence electrons. The van der Waals surface area contributed by atoms with Crippen LogP contribution < -0.4 is 11.1 Å². The highest BCUT2D eigenvalue weighted by molar-refractivity contribution is 5.94. The van der Waals surface area contributed by atoms with Crippen LogP contribution in [0.1, 0.15) is 19.8 Å². The van der Waals surface area contributed by atoms with Crippen LogP contribution in [0.15, 0.2) is 24.5 Å². The van der Waals surface area contributed by atoms with Crippen molar-refractivity contribution in [2.45, 2.75) is 25.8 Å². The highest BCUT2D eigenvalue weighted by Crippen LogP contribution is 2.04. The maximum Gasteiger partial charge on any atom is 0.241 e. The number of anilines is 1. The minimum Gasteiger partial charge on any atom is -0.323 e. The molecule has 1 rings (SSSR count). The molecule has 0 saturated carbocycles. The Hall–Kier alpha value is -1.42. The quantitative estimate of drug-likeness (QED) is 0.753. The van der Waals surface area contributed by atoms with Gasteiger partial charge in [-0.1, -0.05) is 13.3 Å². The first-order valence-corrected chi connectivity index (χ1v) is 4.70. The number of nitrogens with zero attached hydrogens (tertiary/aromatic N) is 1. The molecule has 0 bridgehead atoms. The van der Waals surface area contributed by atoms with Crippen LogP contribution in [0.4, 0.5) is 5.69 Å². The molecule has 3 N–H and O–H groups in total. The number of carbonyl (C=O) groups is 1. The number of nitrogens with one attached hydrogen (secondary N) is 1. The lowest BCUT2D eigenvalue weighted by Gasteiger charge is -2.10. The summed E-state index contributed by atoms with van der Waals surface area (Å²) in [4.78, 5) is 15.3. The molecule has 0 aliphatic carbocycles. The van der Waals surface area contributed by atoms with Crippen LogP contribution in [-0.4, -0.2) is 16.9 Å².